The van der Waals surface area contributed by atoms with Crippen molar-refractivity contribution in [3.05, 3.63) is 54.9 Å². The highest BCUT2D eigenvalue weighted by Gasteiger charge is 2.31. The molecule has 0 spiro atoms. The van der Waals surface area contributed by atoms with Gasteiger partial charge in [-0.15, -0.1) is 10.2 Å². The van der Waals surface area contributed by atoms with Gasteiger partial charge in [0.1, 0.15) is 0 Å². The number of benzene rings is 1. The van der Waals surface area contributed by atoms with Crippen molar-refractivity contribution < 1.29 is 4.79 Å². The molecule has 26 heavy (non-hydrogen) atoms. The summed E-state index contributed by atoms with van der Waals surface area (Å²) in [7, 11) is 0. The first-order valence-corrected chi connectivity index (χ1v) is 9.48. The summed E-state index contributed by atoms with van der Waals surface area (Å²) in [6.07, 6.45) is 5.77. The fourth-order valence-electron chi connectivity index (χ4n) is 2.69. The Labute approximate surface area is 156 Å². The van der Waals surface area contributed by atoms with E-state index >= 15 is 0 Å². The van der Waals surface area contributed by atoms with Crippen molar-refractivity contribution in [2.75, 3.05) is 5.32 Å². The number of aromatic nitrogens is 4. The van der Waals surface area contributed by atoms with E-state index in [-0.39, 0.29) is 11.2 Å². The number of rotatable bonds is 6. The van der Waals surface area contributed by atoms with Crippen molar-refractivity contribution in [1.29, 1.82) is 0 Å². The number of para-hydroxylation sites is 1. The van der Waals surface area contributed by atoms with Crippen LogP contribution in [0, 0.1) is 0 Å². The van der Waals surface area contributed by atoms with Crippen LogP contribution in [-0.2, 0) is 4.79 Å². The van der Waals surface area contributed by atoms with E-state index in [1.165, 1.54) is 11.8 Å². The number of nitrogens with zero attached hydrogens (tertiary/aromatic N) is 4. The Bertz CT molecular complexity index is 893. The molecule has 0 unspecified atom stereocenters. The lowest BCUT2D eigenvalue weighted by atomic mass is 10.3. The number of anilines is 1. The molecule has 6 nitrogen and oxygen atoms in total. The molecule has 0 saturated heterocycles. The Morgan fingerprint density at radius 2 is 2.00 bits per heavy atom. The van der Waals surface area contributed by atoms with Crippen molar-refractivity contribution in [3.63, 3.8) is 0 Å². The predicted octanol–water partition coefficient (Wildman–Crippen LogP) is 3.79. The van der Waals surface area contributed by atoms with Gasteiger partial charge in [-0.2, -0.15) is 0 Å². The van der Waals surface area contributed by atoms with Crippen LogP contribution < -0.4 is 5.32 Å². The average Bonchev–Trinajstić information content (AvgIpc) is 3.43. The third-order valence-electron chi connectivity index (χ3n) is 4.19. The van der Waals surface area contributed by atoms with Gasteiger partial charge in [-0.3, -0.25) is 14.3 Å². The van der Waals surface area contributed by atoms with Gasteiger partial charge in [0.05, 0.1) is 5.25 Å². The summed E-state index contributed by atoms with van der Waals surface area (Å²) in [4.78, 5) is 16.7. The molecule has 3 aromatic rings. The molecule has 1 aromatic carbocycles. The number of hydrogen-bond donors (Lipinski definition) is 1. The highest BCUT2D eigenvalue weighted by Crippen LogP contribution is 2.41. The van der Waals surface area contributed by atoms with Crippen LogP contribution in [0.1, 0.15) is 25.8 Å². The number of amides is 1. The summed E-state index contributed by atoms with van der Waals surface area (Å²) in [5, 5.41) is 12.2. The van der Waals surface area contributed by atoms with Gasteiger partial charge in [0.15, 0.2) is 11.0 Å². The van der Waals surface area contributed by atoms with Gasteiger partial charge < -0.3 is 5.32 Å². The molecule has 2 heterocycles. The third-order valence-corrected chi connectivity index (χ3v) is 5.25. The molecule has 4 rings (SSSR count). The number of thioether (sulfide) groups is 1. The quantitative estimate of drug-likeness (QED) is 0.673. The van der Waals surface area contributed by atoms with E-state index in [0.29, 0.717) is 6.04 Å². The smallest absolute Gasteiger partial charge is 0.237 e. The molecule has 1 aliphatic rings. The molecule has 7 heteroatoms. The van der Waals surface area contributed by atoms with Crippen LogP contribution in [0.3, 0.4) is 0 Å². The Kier molecular flexibility index (Phi) is 4.71. The summed E-state index contributed by atoms with van der Waals surface area (Å²) in [5.41, 5.74) is 1.74. The van der Waals surface area contributed by atoms with E-state index < -0.39 is 0 Å². The minimum absolute atomic E-state index is 0.0468. The first-order valence-electron chi connectivity index (χ1n) is 8.60. The van der Waals surface area contributed by atoms with Crippen LogP contribution >= 0.6 is 11.8 Å². The number of pyridine rings is 1. The van der Waals surface area contributed by atoms with Crippen molar-refractivity contribution in [1.82, 2.24) is 19.7 Å². The molecule has 0 radical (unpaired) electrons. The molecule has 1 atom stereocenters. The molecule has 1 saturated carbocycles. The van der Waals surface area contributed by atoms with E-state index in [1.807, 2.05) is 49.4 Å². The van der Waals surface area contributed by atoms with Crippen LogP contribution in [0.5, 0.6) is 0 Å². The number of hydrogen-bond acceptors (Lipinski definition) is 5. The highest BCUT2D eigenvalue weighted by molar-refractivity contribution is 8.00. The van der Waals surface area contributed by atoms with Crippen LogP contribution in [0.25, 0.3) is 11.4 Å². The second kappa shape index (κ2) is 7.29. The van der Waals surface area contributed by atoms with Gasteiger partial charge in [-0.1, -0.05) is 30.0 Å². The SMILES string of the molecule is C[C@H](Sc1nnc(-c2cccnc2)n1C1CC1)C(=O)Nc1ccccc1. The normalized spacial score (nSPS) is 14.8. The first kappa shape index (κ1) is 16.8. The predicted molar refractivity (Wildman–Crippen MR) is 102 cm³/mol. The highest BCUT2D eigenvalue weighted by atomic mass is 32.2. The summed E-state index contributed by atoms with van der Waals surface area (Å²) in [5.74, 6) is 0.772. The molecule has 1 N–H and O–H groups in total. The molecule has 1 amide bonds. The maximum absolute atomic E-state index is 12.5. The van der Waals surface area contributed by atoms with Gasteiger partial charge >= 0.3 is 0 Å². The molecule has 0 aliphatic heterocycles. The van der Waals surface area contributed by atoms with E-state index in [4.69, 9.17) is 0 Å². The summed E-state index contributed by atoms with van der Waals surface area (Å²) in [6.45, 7) is 1.89. The van der Waals surface area contributed by atoms with Crippen LogP contribution in [0.15, 0.2) is 60.0 Å². The number of carbonyl (C=O) groups is 1. The van der Waals surface area contributed by atoms with Gasteiger partial charge in [-0.05, 0) is 44.0 Å². The van der Waals surface area contributed by atoms with Crippen LogP contribution in [0.4, 0.5) is 5.69 Å². The second-order valence-corrected chi connectivity index (χ2v) is 7.57. The van der Waals surface area contributed by atoms with E-state index in [0.717, 1.165) is 35.1 Å². The van der Waals surface area contributed by atoms with Gasteiger partial charge in [0.25, 0.3) is 0 Å². The molecular formula is C19H19N5OS. The zero-order chi connectivity index (χ0) is 17.9. The summed E-state index contributed by atoms with van der Waals surface area (Å²) in [6, 6.07) is 13.8. The average molecular weight is 365 g/mol. The third kappa shape index (κ3) is 3.62. The lowest BCUT2D eigenvalue weighted by molar-refractivity contribution is -0.115. The Morgan fingerprint density at radius 1 is 1.19 bits per heavy atom. The maximum Gasteiger partial charge on any atom is 0.237 e. The van der Waals surface area contributed by atoms with Crippen molar-refractivity contribution in [2.45, 2.75) is 36.2 Å². The van der Waals surface area contributed by atoms with Crippen LogP contribution in [0.2, 0.25) is 0 Å². The largest absolute Gasteiger partial charge is 0.325 e. The molecule has 2 aromatic heterocycles. The molecule has 132 valence electrons. The van der Waals surface area contributed by atoms with Gasteiger partial charge in [0.2, 0.25) is 5.91 Å². The summed E-state index contributed by atoms with van der Waals surface area (Å²) < 4.78 is 2.15. The Hall–Kier alpha value is -2.67. The van der Waals surface area contributed by atoms with Crippen molar-refractivity contribution in [3.8, 4) is 11.4 Å². The first-order chi connectivity index (χ1) is 12.7. The van der Waals surface area contributed by atoms with E-state index in [2.05, 4.69) is 25.1 Å². The lowest BCUT2D eigenvalue weighted by Gasteiger charge is -2.13. The number of nitrogens with one attached hydrogen (secondary N) is 1. The summed E-state index contributed by atoms with van der Waals surface area (Å²) >= 11 is 1.44. The lowest BCUT2D eigenvalue weighted by Crippen LogP contribution is -2.22. The van der Waals surface area contributed by atoms with Crippen LogP contribution in [-0.4, -0.2) is 30.9 Å². The fraction of sp³-hybridized carbons (Fsp3) is 0.263. The second-order valence-electron chi connectivity index (χ2n) is 6.26. The molecule has 0 bridgehead atoms. The van der Waals surface area contributed by atoms with Gasteiger partial charge in [0, 0.05) is 29.7 Å². The van der Waals surface area contributed by atoms with Gasteiger partial charge in [-0.25, -0.2) is 0 Å². The maximum atomic E-state index is 12.5. The standard InChI is InChI=1S/C19H19N5OS/c1-13(18(25)21-15-7-3-2-4-8-15)26-19-23-22-17(24(19)16-9-10-16)14-6-5-11-20-12-14/h2-8,11-13,16H,9-10H2,1H3,(H,21,25)/t13-/m0/s1. The zero-order valence-corrected chi connectivity index (χ0v) is 15.2. The fourth-order valence-corrected chi connectivity index (χ4v) is 3.61. The van der Waals surface area contributed by atoms with E-state index in [1.54, 1.807) is 12.4 Å². The monoisotopic (exact) mass is 365 g/mol. The molecular weight excluding hydrogens is 346 g/mol. The van der Waals surface area contributed by atoms with Crippen molar-refractivity contribution in [2.24, 2.45) is 0 Å². The van der Waals surface area contributed by atoms with Crippen molar-refractivity contribution >= 4 is 23.4 Å². The molecule has 1 fully saturated rings. The number of carbonyl (C=O) groups excluding carboxylic acids is 1. The molecule has 1 aliphatic carbocycles. The minimum atomic E-state index is -0.279. The minimum Gasteiger partial charge on any atom is -0.325 e. The topological polar surface area (TPSA) is 72.7 Å². The zero-order valence-electron chi connectivity index (χ0n) is 14.4. The Balaban J connectivity index is 1.53. The Morgan fingerprint density at radius 3 is 2.69 bits per heavy atom. The van der Waals surface area contributed by atoms with E-state index in [9.17, 15) is 4.79 Å².